The molecule has 1 unspecified atom stereocenters. The maximum absolute atomic E-state index is 2.50. The Morgan fingerprint density at radius 1 is 0.370 bits per heavy atom. The number of hydrogen-bond acceptors (Lipinski definition) is 1. The predicted octanol–water partition coefficient (Wildman–Crippen LogP) is 13.8. The molecule has 0 saturated carbocycles. The van der Waals surface area contributed by atoms with Crippen molar-refractivity contribution in [3.63, 3.8) is 0 Å². The van der Waals surface area contributed by atoms with Gasteiger partial charge in [0.2, 0.25) is 0 Å². The average molecular weight is 692 g/mol. The van der Waals surface area contributed by atoms with Gasteiger partial charge in [-0.25, -0.2) is 0 Å². The van der Waals surface area contributed by atoms with Gasteiger partial charge in [-0.1, -0.05) is 183 Å². The summed E-state index contributed by atoms with van der Waals surface area (Å²) in [6.45, 7) is 6.91. The molecule has 2 aliphatic rings. The SMILES string of the molecule is Cc1ccc(C2(c3ccccc3)c3ccccc3-c3ccc(N(c4ccc5c(c4)C(C)(C)c4ccccc4-5)c4ccccc4-c4ccccc4)cc32)cc1. The Kier molecular flexibility index (Phi) is 7.35. The number of rotatable bonds is 6. The molecule has 1 nitrogen and oxygen atoms in total. The minimum atomic E-state index is -0.497. The van der Waals surface area contributed by atoms with E-state index in [-0.39, 0.29) is 5.41 Å². The molecule has 8 aromatic rings. The van der Waals surface area contributed by atoms with Crippen LogP contribution in [0.3, 0.4) is 0 Å². The van der Waals surface area contributed by atoms with E-state index in [0.717, 1.165) is 17.1 Å². The lowest BCUT2D eigenvalue weighted by Crippen LogP contribution is -2.28. The molecule has 0 heterocycles. The molecular formula is C53H41N. The molecule has 8 aromatic carbocycles. The van der Waals surface area contributed by atoms with Crippen LogP contribution >= 0.6 is 0 Å². The Hall–Kier alpha value is -6.44. The van der Waals surface area contributed by atoms with E-state index in [1.807, 2.05) is 0 Å². The number of anilines is 3. The highest BCUT2D eigenvalue weighted by Crippen LogP contribution is 2.58. The third kappa shape index (κ3) is 4.71. The highest BCUT2D eigenvalue weighted by Gasteiger charge is 2.46. The van der Waals surface area contributed by atoms with E-state index in [0.29, 0.717) is 0 Å². The zero-order chi connectivity index (χ0) is 36.4. The summed E-state index contributed by atoms with van der Waals surface area (Å²) in [5.74, 6) is 0. The van der Waals surface area contributed by atoms with Crippen LogP contribution in [0, 0.1) is 6.92 Å². The van der Waals surface area contributed by atoms with Crippen molar-refractivity contribution in [1.29, 1.82) is 0 Å². The van der Waals surface area contributed by atoms with Crippen molar-refractivity contribution in [3.8, 4) is 33.4 Å². The van der Waals surface area contributed by atoms with E-state index < -0.39 is 5.41 Å². The van der Waals surface area contributed by atoms with Crippen LogP contribution in [0.25, 0.3) is 33.4 Å². The van der Waals surface area contributed by atoms with Gasteiger partial charge in [0.05, 0.1) is 11.1 Å². The van der Waals surface area contributed by atoms with Crippen molar-refractivity contribution < 1.29 is 0 Å². The molecule has 54 heavy (non-hydrogen) atoms. The summed E-state index contributed by atoms with van der Waals surface area (Å²) in [5, 5.41) is 0. The third-order valence-electron chi connectivity index (χ3n) is 12.0. The largest absolute Gasteiger partial charge is 0.310 e. The molecule has 0 amide bonds. The van der Waals surface area contributed by atoms with Gasteiger partial charge in [0.1, 0.15) is 0 Å². The zero-order valence-corrected chi connectivity index (χ0v) is 30.9. The van der Waals surface area contributed by atoms with E-state index in [1.54, 1.807) is 0 Å². The Labute approximate surface area is 318 Å². The van der Waals surface area contributed by atoms with Gasteiger partial charge >= 0.3 is 0 Å². The molecule has 0 bridgehead atoms. The molecule has 0 N–H and O–H groups in total. The molecule has 0 spiro atoms. The second kappa shape index (κ2) is 12.3. The first-order chi connectivity index (χ1) is 26.5. The molecule has 0 saturated heterocycles. The number of nitrogens with zero attached hydrogens (tertiary/aromatic N) is 1. The van der Waals surface area contributed by atoms with Gasteiger partial charge in [0.15, 0.2) is 0 Å². The minimum Gasteiger partial charge on any atom is -0.310 e. The molecule has 2 aliphatic carbocycles. The lowest BCUT2D eigenvalue weighted by atomic mass is 9.67. The van der Waals surface area contributed by atoms with Crippen LogP contribution in [0.1, 0.15) is 52.8 Å². The Balaban J connectivity index is 1.26. The number of hydrogen-bond donors (Lipinski definition) is 0. The summed E-state index contributed by atoms with van der Waals surface area (Å²) in [4.78, 5) is 2.50. The van der Waals surface area contributed by atoms with Crippen molar-refractivity contribution in [3.05, 3.63) is 233 Å². The van der Waals surface area contributed by atoms with Gasteiger partial charge in [-0.3, -0.25) is 0 Å². The summed E-state index contributed by atoms with van der Waals surface area (Å²) >= 11 is 0. The van der Waals surface area contributed by atoms with Crippen molar-refractivity contribution in [2.75, 3.05) is 4.90 Å². The topological polar surface area (TPSA) is 3.24 Å². The fourth-order valence-electron chi connectivity index (χ4n) is 9.48. The van der Waals surface area contributed by atoms with Crippen LogP contribution in [-0.4, -0.2) is 0 Å². The quantitative estimate of drug-likeness (QED) is 0.168. The van der Waals surface area contributed by atoms with Gasteiger partial charge in [-0.05, 0) is 98.5 Å². The summed E-state index contributed by atoms with van der Waals surface area (Å²) in [6, 6.07) is 72.2. The summed E-state index contributed by atoms with van der Waals surface area (Å²) < 4.78 is 0. The van der Waals surface area contributed by atoms with Gasteiger partial charge < -0.3 is 4.90 Å². The second-order valence-corrected chi connectivity index (χ2v) is 15.4. The van der Waals surface area contributed by atoms with Gasteiger partial charge in [-0.15, -0.1) is 0 Å². The third-order valence-corrected chi connectivity index (χ3v) is 12.0. The Bertz CT molecular complexity index is 2690. The van der Waals surface area contributed by atoms with E-state index >= 15 is 0 Å². The highest BCUT2D eigenvalue weighted by atomic mass is 15.1. The molecule has 258 valence electrons. The van der Waals surface area contributed by atoms with Crippen LogP contribution in [0.4, 0.5) is 17.1 Å². The maximum atomic E-state index is 2.50. The van der Waals surface area contributed by atoms with Crippen molar-refractivity contribution in [2.45, 2.75) is 31.6 Å². The Morgan fingerprint density at radius 3 is 1.54 bits per heavy atom. The minimum absolute atomic E-state index is 0.125. The van der Waals surface area contributed by atoms with Crippen molar-refractivity contribution in [2.24, 2.45) is 0 Å². The van der Waals surface area contributed by atoms with Gasteiger partial charge in [0.25, 0.3) is 0 Å². The predicted molar refractivity (Wildman–Crippen MR) is 226 cm³/mol. The van der Waals surface area contributed by atoms with Crippen molar-refractivity contribution in [1.82, 2.24) is 0 Å². The summed E-state index contributed by atoms with van der Waals surface area (Å²) in [5.41, 5.74) is 19.6. The standard InChI is InChI=1S/C53H41N/c1-36-26-28-39(29-27-36)53(38-18-8-5-9-19-38)48-24-14-11-22-44(48)46-33-31-41(35-50(46)53)54(51-25-15-12-20-42(51)37-16-6-4-7-17-37)40-30-32-45-43-21-10-13-23-47(43)52(2,3)49(45)34-40/h4-35H,1-3H3. The van der Waals surface area contributed by atoms with Crippen LogP contribution in [0.2, 0.25) is 0 Å². The first-order valence-electron chi connectivity index (χ1n) is 19.0. The first kappa shape index (κ1) is 32.2. The molecule has 0 radical (unpaired) electrons. The molecule has 10 rings (SSSR count). The molecule has 0 fully saturated rings. The van der Waals surface area contributed by atoms with Crippen LogP contribution in [0.15, 0.2) is 194 Å². The summed E-state index contributed by atoms with van der Waals surface area (Å²) in [7, 11) is 0. The number of aryl methyl sites for hydroxylation is 1. The number of para-hydroxylation sites is 1. The molecule has 0 aromatic heterocycles. The average Bonchev–Trinajstić information content (AvgIpc) is 3.64. The molecule has 1 atom stereocenters. The Morgan fingerprint density at radius 2 is 0.852 bits per heavy atom. The van der Waals surface area contributed by atoms with Crippen LogP contribution < -0.4 is 4.90 Å². The van der Waals surface area contributed by atoms with Gasteiger partial charge in [0, 0.05) is 22.4 Å². The maximum Gasteiger partial charge on any atom is 0.0714 e. The lowest BCUT2D eigenvalue weighted by Gasteiger charge is -2.35. The second-order valence-electron chi connectivity index (χ2n) is 15.4. The van der Waals surface area contributed by atoms with Crippen LogP contribution in [0.5, 0.6) is 0 Å². The molecule has 0 aliphatic heterocycles. The van der Waals surface area contributed by atoms with E-state index in [1.165, 1.54) is 72.3 Å². The van der Waals surface area contributed by atoms with Gasteiger partial charge in [-0.2, -0.15) is 0 Å². The number of benzene rings is 8. The normalized spacial score (nSPS) is 15.9. The zero-order valence-electron chi connectivity index (χ0n) is 30.9. The van der Waals surface area contributed by atoms with Crippen molar-refractivity contribution >= 4 is 17.1 Å². The number of fused-ring (bicyclic) bond motifs is 6. The van der Waals surface area contributed by atoms with E-state index in [9.17, 15) is 0 Å². The molecule has 1 heteroatoms. The van der Waals surface area contributed by atoms with E-state index in [4.69, 9.17) is 0 Å². The first-order valence-corrected chi connectivity index (χ1v) is 19.0. The fraction of sp³-hybridized carbons (Fsp3) is 0.0943. The summed E-state index contributed by atoms with van der Waals surface area (Å²) in [6.07, 6.45) is 0. The lowest BCUT2D eigenvalue weighted by molar-refractivity contribution is 0.660. The van der Waals surface area contributed by atoms with E-state index in [2.05, 4.69) is 220 Å². The molecular weight excluding hydrogens is 651 g/mol. The van der Waals surface area contributed by atoms with Crippen LogP contribution in [-0.2, 0) is 10.8 Å². The monoisotopic (exact) mass is 691 g/mol. The smallest absolute Gasteiger partial charge is 0.0714 e. The highest BCUT2D eigenvalue weighted by molar-refractivity contribution is 5.93. The fourth-order valence-corrected chi connectivity index (χ4v) is 9.48.